The van der Waals surface area contributed by atoms with Crippen molar-refractivity contribution in [2.24, 2.45) is 0 Å². The molecule has 0 aliphatic carbocycles. The van der Waals surface area contributed by atoms with Crippen LogP contribution in [0.25, 0.3) is 0 Å². The Hall–Kier alpha value is -0.860. The maximum absolute atomic E-state index is 4.33. The molecule has 1 aliphatic rings. The number of rotatable bonds is 1. The minimum absolute atomic E-state index is 0.493. The van der Waals surface area contributed by atoms with Gasteiger partial charge >= 0.3 is 0 Å². The highest BCUT2D eigenvalue weighted by molar-refractivity contribution is 5.00. The van der Waals surface area contributed by atoms with Gasteiger partial charge in [0.15, 0.2) is 0 Å². The third-order valence-electron chi connectivity index (χ3n) is 3.15. The summed E-state index contributed by atoms with van der Waals surface area (Å²) in [6, 6.07) is 0. The Kier molecular flexibility index (Phi) is 3.39. The van der Waals surface area contributed by atoms with Crippen molar-refractivity contribution in [1.82, 2.24) is 14.8 Å². The van der Waals surface area contributed by atoms with Gasteiger partial charge in [0, 0.05) is 18.9 Å². The van der Waals surface area contributed by atoms with Crippen LogP contribution in [0.15, 0.2) is 0 Å². The SMILES string of the molecule is CC(C)c1nnc2n1CCCCCCC2. The Morgan fingerprint density at radius 3 is 2.53 bits per heavy atom. The lowest BCUT2D eigenvalue weighted by molar-refractivity contribution is 0.554. The molecule has 0 bridgehead atoms. The van der Waals surface area contributed by atoms with Gasteiger partial charge in [-0.15, -0.1) is 10.2 Å². The number of nitrogens with zero attached hydrogens (tertiary/aromatic N) is 3. The zero-order valence-electron chi connectivity index (χ0n) is 9.87. The quantitative estimate of drug-likeness (QED) is 0.709. The van der Waals surface area contributed by atoms with E-state index in [2.05, 4.69) is 28.6 Å². The van der Waals surface area contributed by atoms with Crippen LogP contribution in [0.3, 0.4) is 0 Å². The second-order valence-corrected chi connectivity index (χ2v) is 4.80. The molecule has 0 amide bonds. The minimum atomic E-state index is 0.493. The predicted octanol–water partition coefficient (Wildman–Crippen LogP) is 2.91. The van der Waals surface area contributed by atoms with E-state index in [4.69, 9.17) is 0 Å². The van der Waals surface area contributed by atoms with Gasteiger partial charge in [-0.05, 0) is 12.8 Å². The van der Waals surface area contributed by atoms with Crippen molar-refractivity contribution in [2.75, 3.05) is 0 Å². The molecule has 0 fully saturated rings. The van der Waals surface area contributed by atoms with Crippen molar-refractivity contribution < 1.29 is 0 Å². The smallest absolute Gasteiger partial charge is 0.135 e. The van der Waals surface area contributed by atoms with E-state index in [1.54, 1.807) is 0 Å². The second kappa shape index (κ2) is 4.77. The van der Waals surface area contributed by atoms with Crippen LogP contribution in [0, 0.1) is 0 Å². The van der Waals surface area contributed by atoms with E-state index in [9.17, 15) is 0 Å². The molecule has 1 aliphatic heterocycles. The van der Waals surface area contributed by atoms with Crippen LogP contribution < -0.4 is 0 Å². The largest absolute Gasteiger partial charge is 0.315 e. The molecule has 0 saturated carbocycles. The summed E-state index contributed by atoms with van der Waals surface area (Å²) in [7, 11) is 0. The zero-order chi connectivity index (χ0) is 10.7. The summed E-state index contributed by atoms with van der Waals surface area (Å²) < 4.78 is 2.36. The van der Waals surface area contributed by atoms with Crippen LogP contribution in [0.5, 0.6) is 0 Å². The Balaban J connectivity index is 2.23. The molecule has 2 heterocycles. The highest BCUT2D eigenvalue weighted by Gasteiger charge is 2.14. The first-order valence-electron chi connectivity index (χ1n) is 6.21. The number of aromatic nitrogens is 3. The average Bonchev–Trinajstić information content (AvgIpc) is 2.61. The molecule has 1 aromatic heterocycles. The number of hydrogen-bond donors (Lipinski definition) is 0. The fourth-order valence-electron chi connectivity index (χ4n) is 2.29. The van der Waals surface area contributed by atoms with Gasteiger partial charge in [0.1, 0.15) is 11.6 Å². The zero-order valence-corrected chi connectivity index (χ0v) is 9.87. The van der Waals surface area contributed by atoms with E-state index in [-0.39, 0.29) is 0 Å². The predicted molar refractivity (Wildman–Crippen MR) is 60.9 cm³/mol. The third kappa shape index (κ3) is 2.39. The Labute approximate surface area is 91.9 Å². The van der Waals surface area contributed by atoms with Crippen molar-refractivity contribution in [3.05, 3.63) is 11.6 Å². The van der Waals surface area contributed by atoms with Gasteiger partial charge in [0.2, 0.25) is 0 Å². The summed E-state index contributed by atoms with van der Waals surface area (Å²) in [6.45, 7) is 5.52. The van der Waals surface area contributed by atoms with Crippen molar-refractivity contribution in [1.29, 1.82) is 0 Å². The first-order valence-corrected chi connectivity index (χ1v) is 6.21. The van der Waals surface area contributed by atoms with Crippen LogP contribution in [0.4, 0.5) is 0 Å². The molecule has 0 N–H and O–H groups in total. The maximum Gasteiger partial charge on any atom is 0.135 e. The lowest BCUT2D eigenvalue weighted by atomic mass is 10.1. The number of aryl methyl sites for hydroxylation is 1. The van der Waals surface area contributed by atoms with Crippen molar-refractivity contribution >= 4 is 0 Å². The van der Waals surface area contributed by atoms with Gasteiger partial charge in [0.05, 0.1) is 0 Å². The van der Waals surface area contributed by atoms with Gasteiger partial charge in [-0.2, -0.15) is 0 Å². The fraction of sp³-hybridized carbons (Fsp3) is 0.833. The van der Waals surface area contributed by atoms with Crippen LogP contribution in [0.1, 0.15) is 63.5 Å². The summed E-state index contributed by atoms with van der Waals surface area (Å²) >= 11 is 0. The first kappa shape index (κ1) is 10.7. The van der Waals surface area contributed by atoms with Crippen molar-refractivity contribution in [2.45, 2.75) is 64.8 Å². The fourth-order valence-corrected chi connectivity index (χ4v) is 2.29. The van der Waals surface area contributed by atoms with E-state index in [1.807, 2.05) is 0 Å². The lowest BCUT2D eigenvalue weighted by Gasteiger charge is -2.10. The van der Waals surface area contributed by atoms with Crippen LogP contribution >= 0.6 is 0 Å². The molecule has 3 heteroatoms. The molecule has 3 nitrogen and oxygen atoms in total. The Morgan fingerprint density at radius 1 is 1.00 bits per heavy atom. The molecule has 0 radical (unpaired) electrons. The van der Waals surface area contributed by atoms with Crippen LogP contribution in [-0.4, -0.2) is 14.8 Å². The van der Waals surface area contributed by atoms with E-state index >= 15 is 0 Å². The molecule has 15 heavy (non-hydrogen) atoms. The molecule has 1 aromatic rings. The molecule has 0 saturated heterocycles. The maximum atomic E-state index is 4.33. The minimum Gasteiger partial charge on any atom is -0.315 e. The van der Waals surface area contributed by atoms with Crippen LogP contribution in [-0.2, 0) is 13.0 Å². The average molecular weight is 207 g/mol. The normalized spacial score (nSPS) is 18.1. The van der Waals surface area contributed by atoms with Crippen molar-refractivity contribution in [3.63, 3.8) is 0 Å². The van der Waals surface area contributed by atoms with Gasteiger partial charge in [-0.1, -0.05) is 33.1 Å². The number of hydrogen-bond acceptors (Lipinski definition) is 2. The molecule has 0 spiro atoms. The molecular formula is C12H21N3. The monoisotopic (exact) mass is 207 g/mol. The van der Waals surface area contributed by atoms with Crippen molar-refractivity contribution in [3.8, 4) is 0 Å². The topological polar surface area (TPSA) is 30.7 Å². The summed E-state index contributed by atoms with van der Waals surface area (Å²) in [6.07, 6.45) is 7.76. The highest BCUT2D eigenvalue weighted by Crippen LogP contribution is 2.18. The highest BCUT2D eigenvalue weighted by atomic mass is 15.3. The first-order chi connectivity index (χ1) is 7.29. The standard InChI is InChI=1S/C12H21N3/c1-10(2)12-14-13-11-8-6-4-3-5-7-9-15(11)12/h10H,3-9H2,1-2H3. The van der Waals surface area contributed by atoms with Gasteiger partial charge < -0.3 is 4.57 Å². The van der Waals surface area contributed by atoms with E-state index in [0.29, 0.717) is 5.92 Å². The summed E-state index contributed by atoms with van der Waals surface area (Å²) in [4.78, 5) is 0. The molecule has 0 atom stereocenters. The summed E-state index contributed by atoms with van der Waals surface area (Å²) in [5, 5.41) is 8.66. The lowest BCUT2D eigenvalue weighted by Crippen LogP contribution is -2.08. The molecule has 0 unspecified atom stereocenters. The van der Waals surface area contributed by atoms with E-state index in [0.717, 1.165) is 13.0 Å². The van der Waals surface area contributed by atoms with E-state index < -0.39 is 0 Å². The van der Waals surface area contributed by atoms with Gasteiger partial charge in [0.25, 0.3) is 0 Å². The molecule has 0 aromatic carbocycles. The summed E-state index contributed by atoms with van der Waals surface area (Å²) in [5.41, 5.74) is 0. The van der Waals surface area contributed by atoms with Gasteiger partial charge in [-0.3, -0.25) is 0 Å². The van der Waals surface area contributed by atoms with Gasteiger partial charge in [-0.25, -0.2) is 0 Å². The summed E-state index contributed by atoms with van der Waals surface area (Å²) in [5.74, 6) is 2.87. The molecule has 84 valence electrons. The molecule has 2 rings (SSSR count). The number of fused-ring (bicyclic) bond motifs is 1. The Morgan fingerprint density at radius 2 is 1.73 bits per heavy atom. The second-order valence-electron chi connectivity index (χ2n) is 4.80. The Bertz CT molecular complexity index is 315. The van der Waals surface area contributed by atoms with Crippen LogP contribution in [0.2, 0.25) is 0 Å². The third-order valence-corrected chi connectivity index (χ3v) is 3.15. The molecular weight excluding hydrogens is 186 g/mol. The van der Waals surface area contributed by atoms with E-state index in [1.165, 1.54) is 43.8 Å².